The second-order valence-corrected chi connectivity index (χ2v) is 11.4. The van der Waals surface area contributed by atoms with Crippen molar-refractivity contribution in [3.05, 3.63) is 87.0 Å². The number of carbonyl (C=O) groups excluding carboxylic acids is 2. The number of aromatic carboxylic acids is 1. The fourth-order valence-electron chi connectivity index (χ4n) is 3.48. The Balaban J connectivity index is 1.41. The molecule has 4 rings (SSSR count). The van der Waals surface area contributed by atoms with E-state index in [9.17, 15) is 27.9 Å². The van der Waals surface area contributed by atoms with Crippen molar-refractivity contribution in [3.8, 4) is 0 Å². The van der Waals surface area contributed by atoms with Crippen molar-refractivity contribution >= 4 is 55.2 Å². The molecule has 1 amide bonds. The molecule has 2 heterocycles. The molecule has 0 aliphatic rings. The highest BCUT2D eigenvalue weighted by Gasteiger charge is 2.15. The monoisotopic (exact) mass is 557 g/mol. The number of nitrogens with two attached hydrogens (primary N) is 1. The molecule has 13 heteroatoms. The Bertz CT molecular complexity index is 1610. The molecule has 192 valence electrons. The zero-order valence-corrected chi connectivity index (χ0v) is 21.7. The van der Waals surface area contributed by atoms with E-state index in [-0.39, 0.29) is 34.2 Å². The topological polar surface area (TPSA) is 164 Å². The molecule has 0 spiro atoms. The third-order valence-electron chi connectivity index (χ3n) is 5.38. The highest BCUT2D eigenvalue weighted by molar-refractivity contribution is 7.99. The quantitative estimate of drug-likeness (QED) is 0.215. The van der Waals surface area contributed by atoms with Crippen LogP contribution in [0, 0.1) is 0 Å². The molecule has 0 radical (unpaired) electrons. The third kappa shape index (κ3) is 6.63. The molecule has 37 heavy (non-hydrogen) atoms. The van der Waals surface area contributed by atoms with Gasteiger partial charge in [0.15, 0.2) is 5.16 Å². The SMILES string of the molecule is NS(=O)(=O)c1ccc(CCNC(=O)CSc2nc3ccsc3c(=O)n2Cc2ccc(C(=O)[O-])cc2)cc1. The first-order valence-electron chi connectivity index (χ1n) is 10.9. The molecular weight excluding hydrogens is 536 g/mol. The molecule has 4 aromatic rings. The van der Waals surface area contributed by atoms with E-state index in [0.29, 0.717) is 33.9 Å². The molecule has 0 saturated carbocycles. The van der Waals surface area contributed by atoms with Crippen molar-refractivity contribution in [1.82, 2.24) is 14.9 Å². The number of carbonyl (C=O) groups is 2. The maximum absolute atomic E-state index is 13.1. The maximum Gasteiger partial charge on any atom is 0.272 e. The highest BCUT2D eigenvalue weighted by Crippen LogP contribution is 2.22. The molecule has 2 aromatic heterocycles. The number of benzene rings is 2. The Hall–Kier alpha value is -3.52. The van der Waals surface area contributed by atoms with E-state index >= 15 is 0 Å². The van der Waals surface area contributed by atoms with E-state index in [1.807, 2.05) is 0 Å². The van der Waals surface area contributed by atoms with E-state index in [1.165, 1.54) is 40.2 Å². The number of primary sulfonamides is 1. The zero-order chi connectivity index (χ0) is 26.6. The van der Waals surface area contributed by atoms with Gasteiger partial charge in [0.2, 0.25) is 15.9 Å². The minimum Gasteiger partial charge on any atom is -0.545 e. The number of nitrogens with one attached hydrogen (secondary N) is 1. The fourth-order valence-corrected chi connectivity index (χ4v) is 5.60. The standard InChI is InChI=1S/C24H22N4O6S3/c25-37(33,34)18-7-3-15(4-8-18)9-11-26-20(29)14-36-24-27-19-10-12-35-21(19)22(30)28(24)13-16-1-5-17(6-2-16)23(31)32/h1-8,10,12H,9,11,13-14H2,(H,26,29)(H,31,32)(H2,25,33,34)/p-1. The number of carboxylic acids is 1. The van der Waals surface area contributed by atoms with Gasteiger partial charge in [0.05, 0.1) is 28.7 Å². The predicted octanol–water partition coefficient (Wildman–Crippen LogP) is 0.968. The summed E-state index contributed by atoms with van der Waals surface area (Å²) in [6, 6.07) is 13.9. The van der Waals surface area contributed by atoms with Crippen molar-refractivity contribution in [2.45, 2.75) is 23.0 Å². The maximum atomic E-state index is 13.1. The molecule has 0 saturated heterocycles. The van der Waals surface area contributed by atoms with Gasteiger partial charge in [-0.25, -0.2) is 18.5 Å². The lowest BCUT2D eigenvalue weighted by atomic mass is 10.1. The second kappa shape index (κ2) is 11.3. The van der Waals surface area contributed by atoms with E-state index in [2.05, 4.69) is 10.3 Å². The smallest absolute Gasteiger partial charge is 0.272 e. The summed E-state index contributed by atoms with van der Waals surface area (Å²) in [5, 5.41) is 21.0. The summed E-state index contributed by atoms with van der Waals surface area (Å²) >= 11 is 2.40. The van der Waals surface area contributed by atoms with Gasteiger partial charge in [0.25, 0.3) is 5.56 Å². The number of amides is 1. The Morgan fingerprint density at radius 3 is 2.38 bits per heavy atom. The van der Waals surface area contributed by atoms with Crippen LogP contribution in [0.5, 0.6) is 0 Å². The average Bonchev–Trinajstić information content (AvgIpc) is 3.34. The molecule has 0 unspecified atom stereocenters. The lowest BCUT2D eigenvalue weighted by Gasteiger charge is -2.13. The van der Waals surface area contributed by atoms with Crippen molar-refractivity contribution in [3.63, 3.8) is 0 Å². The van der Waals surface area contributed by atoms with Crippen LogP contribution in [0.1, 0.15) is 21.5 Å². The Morgan fingerprint density at radius 1 is 1.05 bits per heavy atom. The molecular formula is C24H21N4O6S3-. The Labute approximate surface area is 220 Å². The van der Waals surface area contributed by atoms with Crippen LogP contribution in [0.15, 0.2) is 74.8 Å². The van der Waals surface area contributed by atoms with E-state index in [0.717, 1.165) is 17.3 Å². The van der Waals surface area contributed by atoms with Crippen molar-refractivity contribution in [1.29, 1.82) is 0 Å². The van der Waals surface area contributed by atoms with Gasteiger partial charge in [-0.1, -0.05) is 48.2 Å². The summed E-state index contributed by atoms with van der Waals surface area (Å²) in [4.78, 5) is 41.2. The molecule has 3 N–H and O–H groups in total. The summed E-state index contributed by atoms with van der Waals surface area (Å²) in [6.45, 7) is 0.494. The van der Waals surface area contributed by atoms with Gasteiger partial charge in [-0.3, -0.25) is 14.2 Å². The molecule has 0 fully saturated rings. The molecule has 0 aliphatic carbocycles. The Morgan fingerprint density at radius 2 is 1.73 bits per heavy atom. The summed E-state index contributed by atoms with van der Waals surface area (Å²) in [5.41, 5.74) is 1.88. The normalized spacial score (nSPS) is 11.5. The number of nitrogens with zero attached hydrogens (tertiary/aromatic N) is 2. The van der Waals surface area contributed by atoms with E-state index in [1.54, 1.807) is 35.7 Å². The lowest BCUT2D eigenvalue weighted by molar-refractivity contribution is -0.255. The fraction of sp³-hybridized carbons (Fsp3) is 0.167. The highest BCUT2D eigenvalue weighted by atomic mass is 32.2. The second-order valence-electron chi connectivity index (χ2n) is 7.98. The number of thioether (sulfide) groups is 1. The molecule has 0 atom stereocenters. The molecule has 10 nitrogen and oxygen atoms in total. The van der Waals surface area contributed by atoms with Crippen LogP contribution in [0.4, 0.5) is 0 Å². The number of rotatable bonds is 10. The van der Waals surface area contributed by atoms with E-state index in [4.69, 9.17) is 5.14 Å². The molecule has 2 aromatic carbocycles. The third-order valence-corrected chi connectivity index (χ3v) is 8.18. The van der Waals surface area contributed by atoms with Crippen LogP contribution in [0.3, 0.4) is 0 Å². The summed E-state index contributed by atoms with van der Waals surface area (Å²) in [7, 11) is -3.76. The molecule has 0 aliphatic heterocycles. The first-order valence-corrected chi connectivity index (χ1v) is 14.3. The summed E-state index contributed by atoms with van der Waals surface area (Å²) < 4.78 is 24.7. The lowest BCUT2D eigenvalue weighted by Crippen LogP contribution is -2.28. The van der Waals surface area contributed by atoms with Crippen molar-refractivity contribution in [2.75, 3.05) is 12.3 Å². The summed E-state index contributed by atoms with van der Waals surface area (Å²) in [5.74, 6) is -1.51. The van der Waals surface area contributed by atoms with Gasteiger partial charge in [-0.05, 0) is 46.7 Å². The molecule has 0 bridgehead atoms. The first-order chi connectivity index (χ1) is 17.6. The van der Waals surface area contributed by atoms with Crippen LogP contribution < -0.4 is 21.1 Å². The number of hydrogen-bond acceptors (Lipinski definition) is 9. The number of sulfonamides is 1. The van der Waals surface area contributed by atoms with Crippen LogP contribution >= 0.6 is 23.1 Å². The largest absolute Gasteiger partial charge is 0.545 e. The van der Waals surface area contributed by atoms with Gasteiger partial charge in [0.1, 0.15) is 4.70 Å². The van der Waals surface area contributed by atoms with Crippen molar-refractivity contribution < 1.29 is 23.1 Å². The summed E-state index contributed by atoms with van der Waals surface area (Å²) in [6.07, 6.45) is 0.493. The van der Waals surface area contributed by atoms with Crippen LogP contribution in [0.25, 0.3) is 10.2 Å². The Kier molecular flexibility index (Phi) is 8.07. The number of aromatic nitrogens is 2. The van der Waals surface area contributed by atoms with Crippen LogP contribution in [-0.4, -0.2) is 42.1 Å². The first kappa shape index (κ1) is 26.5. The predicted molar refractivity (Wildman–Crippen MR) is 139 cm³/mol. The van der Waals surface area contributed by atoms with Gasteiger partial charge < -0.3 is 15.2 Å². The van der Waals surface area contributed by atoms with Gasteiger partial charge in [0, 0.05) is 6.54 Å². The zero-order valence-electron chi connectivity index (χ0n) is 19.2. The minimum absolute atomic E-state index is 0.0210. The van der Waals surface area contributed by atoms with Gasteiger partial charge in [-0.2, -0.15) is 0 Å². The number of carboxylic acid groups (broad SMARTS) is 1. The van der Waals surface area contributed by atoms with Gasteiger partial charge >= 0.3 is 0 Å². The average molecular weight is 558 g/mol. The number of thiophene rings is 1. The van der Waals surface area contributed by atoms with Gasteiger partial charge in [-0.15, -0.1) is 11.3 Å². The number of hydrogen-bond donors (Lipinski definition) is 2. The number of fused-ring (bicyclic) bond motifs is 1. The minimum atomic E-state index is -3.76. The van der Waals surface area contributed by atoms with Crippen molar-refractivity contribution in [2.24, 2.45) is 5.14 Å². The van der Waals surface area contributed by atoms with Crippen LogP contribution in [-0.2, 0) is 27.8 Å². The van der Waals surface area contributed by atoms with E-state index < -0.39 is 16.0 Å². The van der Waals surface area contributed by atoms with Crippen LogP contribution in [0.2, 0.25) is 0 Å².